The molecule has 2 heterocycles. The first kappa shape index (κ1) is 13.9. The van der Waals surface area contributed by atoms with Gasteiger partial charge in [0.2, 0.25) is 5.78 Å². The maximum Gasteiger partial charge on any atom is 0.258 e. The molecule has 6 heteroatoms. The molecule has 18 heavy (non-hydrogen) atoms. The second-order valence-electron chi connectivity index (χ2n) is 5.60. The Morgan fingerprint density at radius 1 is 1.39 bits per heavy atom. The monoisotopic (exact) mass is 260 g/mol. The Hall–Kier alpha value is -0.530. The first-order valence-corrected chi connectivity index (χ1v) is 6.06. The molecular weight excluding hydrogens is 240 g/mol. The molecule has 0 unspecified atom stereocenters. The van der Waals surface area contributed by atoms with E-state index in [1.165, 1.54) is 13.8 Å². The summed E-state index contributed by atoms with van der Waals surface area (Å²) in [5, 5.41) is 9.63. The summed E-state index contributed by atoms with van der Waals surface area (Å²) in [4.78, 5) is 12.3. The fourth-order valence-electron chi connectivity index (χ4n) is 2.16. The van der Waals surface area contributed by atoms with E-state index in [4.69, 9.17) is 18.9 Å². The van der Waals surface area contributed by atoms with Crippen molar-refractivity contribution in [1.82, 2.24) is 0 Å². The average molecular weight is 260 g/mol. The van der Waals surface area contributed by atoms with Crippen molar-refractivity contribution < 1.29 is 28.8 Å². The summed E-state index contributed by atoms with van der Waals surface area (Å²) in [6.45, 7) is 6.78. The number of hydrogen-bond acceptors (Lipinski definition) is 6. The highest BCUT2D eigenvalue weighted by molar-refractivity contribution is 5.91. The number of hydrogen-bond donors (Lipinski definition) is 1. The van der Waals surface area contributed by atoms with Crippen LogP contribution in [0.4, 0.5) is 0 Å². The van der Waals surface area contributed by atoms with Gasteiger partial charge < -0.3 is 24.1 Å². The summed E-state index contributed by atoms with van der Waals surface area (Å²) in [5.74, 6) is -3.95. The quantitative estimate of drug-likeness (QED) is 0.732. The third-order valence-corrected chi connectivity index (χ3v) is 2.83. The van der Waals surface area contributed by atoms with Crippen LogP contribution in [0.1, 0.15) is 34.1 Å². The summed E-state index contributed by atoms with van der Waals surface area (Å²) in [7, 11) is 0. The second kappa shape index (κ2) is 4.25. The van der Waals surface area contributed by atoms with Crippen LogP contribution in [-0.2, 0) is 23.7 Å². The van der Waals surface area contributed by atoms with Crippen LogP contribution in [0.5, 0.6) is 0 Å². The lowest BCUT2D eigenvalue weighted by atomic mass is 10.0. The fraction of sp³-hybridized carbons (Fsp3) is 0.917. The largest absolute Gasteiger partial charge is 0.366 e. The van der Waals surface area contributed by atoms with Crippen molar-refractivity contribution in [2.24, 2.45) is 0 Å². The van der Waals surface area contributed by atoms with Gasteiger partial charge in [0.25, 0.3) is 5.79 Å². The number of ketones is 1. The lowest BCUT2D eigenvalue weighted by Crippen LogP contribution is -2.56. The van der Waals surface area contributed by atoms with Gasteiger partial charge in [-0.3, -0.25) is 4.79 Å². The highest BCUT2D eigenvalue weighted by Crippen LogP contribution is 2.37. The van der Waals surface area contributed by atoms with Crippen LogP contribution < -0.4 is 0 Å². The number of carbonyl (C=O) groups is 1. The standard InChI is InChI=1S/C12H20O6/c1-10(2,14)17-8-5-6-15-12(9(8)13)7-16-11(3,4)18-12/h8,14H,5-7H2,1-4H3/t8-,12+/m1/s1. The number of aliphatic hydroxyl groups is 1. The van der Waals surface area contributed by atoms with Gasteiger partial charge >= 0.3 is 0 Å². The molecule has 2 aliphatic heterocycles. The van der Waals surface area contributed by atoms with Crippen molar-refractivity contribution in [3.05, 3.63) is 0 Å². The molecule has 0 radical (unpaired) electrons. The Morgan fingerprint density at radius 3 is 2.56 bits per heavy atom. The van der Waals surface area contributed by atoms with Gasteiger partial charge in [0.05, 0.1) is 6.61 Å². The normalized spacial score (nSPS) is 36.3. The van der Waals surface area contributed by atoms with Crippen LogP contribution >= 0.6 is 0 Å². The zero-order chi connectivity index (χ0) is 13.6. The van der Waals surface area contributed by atoms with Crippen LogP contribution in [0.2, 0.25) is 0 Å². The summed E-state index contributed by atoms with van der Waals surface area (Å²) in [6.07, 6.45) is -0.342. The van der Waals surface area contributed by atoms with Gasteiger partial charge in [-0.05, 0) is 27.7 Å². The molecule has 0 aromatic heterocycles. The van der Waals surface area contributed by atoms with E-state index in [0.717, 1.165) is 0 Å². The highest BCUT2D eigenvalue weighted by Gasteiger charge is 2.56. The molecule has 2 aliphatic rings. The molecule has 1 N–H and O–H groups in total. The molecule has 0 amide bonds. The third kappa shape index (κ3) is 2.73. The smallest absolute Gasteiger partial charge is 0.258 e. The van der Waals surface area contributed by atoms with E-state index in [-0.39, 0.29) is 12.4 Å². The molecule has 0 aliphatic carbocycles. The number of rotatable bonds is 2. The van der Waals surface area contributed by atoms with Crippen molar-refractivity contribution in [2.75, 3.05) is 13.2 Å². The number of Topliss-reactive ketones (excluding diaryl/α,β-unsaturated/α-hetero) is 1. The van der Waals surface area contributed by atoms with Crippen LogP contribution in [0, 0.1) is 0 Å². The molecule has 2 fully saturated rings. The molecule has 104 valence electrons. The van der Waals surface area contributed by atoms with Crippen LogP contribution in [0.15, 0.2) is 0 Å². The van der Waals surface area contributed by atoms with E-state index < -0.39 is 23.5 Å². The predicted molar refractivity (Wildman–Crippen MR) is 60.6 cm³/mol. The first-order valence-electron chi connectivity index (χ1n) is 6.06. The molecule has 0 saturated carbocycles. The average Bonchev–Trinajstić information content (AvgIpc) is 2.49. The lowest BCUT2D eigenvalue weighted by molar-refractivity contribution is -0.276. The first-order chi connectivity index (χ1) is 8.14. The van der Waals surface area contributed by atoms with Crippen molar-refractivity contribution in [3.63, 3.8) is 0 Å². The van der Waals surface area contributed by atoms with Crippen molar-refractivity contribution >= 4 is 5.78 Å². The molecule has 2 atom stereocenters. The van der Waals surface area contributed by atoms with E-state index in [1.807, 2.05) is 0 Å². The van der Waals surface area contributed by atoms with E-state index >= 15 is 0 Å². The Kier molecular flexibility index (Phi) is 3.28. The van der Waals surface area contributed by atoms with Crippen LogP contribution in [0.3, 0.4) is 0 Å². The number of ether oxygens (including phenoxy) is 4. The molecule has 6 nitrogen and oxygen atoms in total. The third-order valence-electron chi connectivity index (χ3n) is 2.83. The number of carbonyl (C=O) groups excluding carboxylic acids is 1. The lowest BCUT2D eigenvalue weighted by Gasteiger charge is -2.37. The highest BCUT2D eigenvalue weighted by atomic mass is 16.8. The Balaban J connectivity index is 2.13. The fourth-order valence-corrected chi connectivity index (χ4v) is 2.16. The van der Waals surface area contributed by atoms with E-state index in [9.17, 15) is 9.90 Å². The molecule has 0 aromatic carbocycles. The van der Waals surface area contributed by atoms with Gasteiger partial charge in [-0.1, -0.05) is 0 Å². The molecule has 2 saturated heterocycles. The van der Waals surface area contributed by atoms with Gasteiger partial charge in [-0.25, -0.2) is 0 Å². The van der Waals surface area contributed by atoms with Crippen LogP contribution in [0.25, 0.3) is 0 Å². The molecule has 2 rings (SSSR count). The minimum Gasteiger partial charge on any atom is -0.366 e. The Labute approximate surface area is 106 Å². The molecule has 1 spiro atoms. The predicted octanol–water partition coefficient (Wildman–Crippen LogP) is 0.569. The van der Waals surface area contributed by atoms with Crippen molar-refractivity contribution in [1.29, 1.82) is 0 Å². The van der Waals surface area contributed by atoms with Gasteiger partial charge in [-0.15, -0.1) is 0 Å². The SMILES string of the molecule is CC(C)(O)O[C@@H]1CCO[C@]2(COC(C)(C)O2)C1=O. The van der Waals surface area contributed by atoms with E-state index in [0.29, 0.717) is 13.0 Å². The Morgan fingerprint density at radius 2 is 2.06 bits per heavy atom. The molecular formula is C12H20O6. The summed E-state index contributed by atoms with van der Waals surface area (Å²) >= 11 is 0. The minimum atomic E-state index is -1.39. The molecule has 0 bridgehead atoms. The van der Waals surface area contributed by atoms with Gasteiger partial charge in [0, 0.05) is 6.42 Å². The van der Waals surface area contributed by atoms with Gasteiger partial charge in [0.15, 0.2) is 11.6 Å². The van der Waals surface area contributed by atoms with Gasteiger partial charge in [0.1, 0.15) is 12.7 Å². The zero-order valence-corrected chi connectivity index (χ0v) is 11.2. The Bertz CT molecular complexity index is 345. The van der Waals surface area contributed by atoms with E-state index in [1.54, 1.807) is 13.8 Å². The summed E-state index contributed by atoms with van der Waals surface area (Å²) in [5.41, 5.74) is 0. The molecule has 0 aromatic rings. The maximum atomic E-state index is 12.3. The summed E-state index contributed by atoms with van der Waals surface area (Å²) < 4.78 is 21.8. The summed E-state index contributed by atoms with van der Waals surface area (Å²) in [6, 6.07) is 0. The van der Waals surface area contributed by atoms with E-state index in [2.05, 4.69) is 0 Å². The van der Waals surface area contributed by atoms with Crippen LogP contribution in [-0.4, -0.2) is 47.6 Å². The zero-order valence-electron chi connectivity index (χ0n) is 11.2. The minimum absolute atomic E-state index is 0.0462. The maximum absolute atomic E-state index is 12.3. The topological polar surface area (TPSA) is 74.2 Å². The van der Waals surface area contributed by atoms with Crippen molar-refractivity contribution in [2.45, 2.75) is 57.6 Å². The second-order valence-corrected chi connectivity index (χ2v) is 5.60. The van der Waals surface area contributed by atoms with Gasteiger partial charge in [-0.2, -0.15) is 0 Å². The van der Waals surface area contributed by atoms with Crippen molar-refractivity contribution in [3.8, 4) is 0 Å².